The number of anilines is 2. The lowest BCUT2D eigenvalue weighted by Gasteiger charge is -2.18. The summed E-state index contributed by atoms with van der Waals surface area (Å²) in [6.45, 7) is 3.94. The molecule has 0 spiro atoms. The molecule has 0 unspecified atom stereocenters. The maximum Gasteiger partial charge on any atom is 0.283 e. The lowest BCUT2D eigenvalue weighted by atomic mass is 10.1. The molecular formula is C26H22FN3O2S. The van der Waals surface area contributed by atoms with Crippen LogP contribution in [0.1, 0.15) is 16.7 Å². The van der Waals surface area contributed by atoms with Crippen LogP contribution in [-0.2, 0) is 9.59 Å². The van der Waals surface area contributed by atoms with Gasteiger partial charge in [-0.05, 0) is 66.9 Å². The number of benzene rings is 3. The number of aliphatic imine (C=N–C) groups is 1. The van der Waals surface area contributed by atoms with Crippen molar-refractivity contribution in [1.29, 1.82) is 0 Å². The average molecular weight is 460 g/mol. The van der Waals surface area contributed by atoms with Gasteiger partial charge in [0.25, 0.3) is 5.91 Å². The number of carbonyl (C=O) groups is 2. The third-order valence-electron chi connectivity index (χ3n) is 5.23. The molecule has 3 aromatic carbocycles. The summed E-state index contributed by atoms with van der Waals surface area (Å²) in [6, 6.07) is 20.7. The third kappa shape index (κ3) is 5.21. The maximum atomic E-state index is 13.5. The predicted octanol–water partition coefficient (Wildman–Crippen LogP) is 5.56. The van der Waals surface area contributed by atoms with Crippen molar-refractivity contribution in [2.45, 2.75) is 13.8 Å². The summed E-state index contributed by atoms with van der Waals surface area (Å²) < 4.78 is 13.5. The van der Waals surface area contributed by atoms with Crippen LogP contribution < -0.4 is 10.2 Å². The molecule has 4 rings (SSSR count). The molecule has 2 amide bonds. The molecule has 3 aromatic rings. The largest absolute Gasteiger partial charge is 0.325 e. The van der Waals surface area contributed by atoms with Gasteiger partial charge in [0, 0.05) is 5.69 Å². The first kappa shape index (κ1) is 22.5. The van der Waals surface area contributed by atoms with Crippen LogP contribution in [0.5, 0.6) is 0 Å². The van der Waals surface area contributed by atoms with Gasteiger partial charge in [0.15, 0.2) is 5.17 Å². The molecule has 33 heavy (non-hydrogen) atoms. The van der Waals surface area contributed by atoms with Gasteiger partial charge in [0.1, 0.15) is 11.5 Å². The van der Waals surface area contributed by atoms with E-state index in [0.29, 0.717) is 10.9 Å². The number of hydrogen-bond donors (Lipinski definition) is 1. The summed E-state index contributed by atoms with van der Waals surface area (Å²) >= 11 is 1.16. The predicted molar refractivity (Wildman–Crippen MR) is 133 cm³/mol. The minimum atomic E-state index is -0.399. The van der Waals surface area contributed by atoms with Crippen LogP contribution in [0.4, 0.5) is 15.8 Å². The van der Waals surface area contributed by atoms with Gasteiger partial charge in [-0.25, -0.2) is 9.38 Å². The highest BCUT2D eigenvalue weighted by Gasteiger charge is 2.32. The number of nitrogens with one attached hydrogen (secondary N) is 1. The van der Waals surface area contributed by atoms with Gasteiger partial charge in [0.2, 0.25) is 5.91 Å². The van der Waals surface area contributed by atoms with Gasteiger partial charge in [-0.2, -0.15) is 0 Å². The third-order valence-corrected chi connectivity index (χ3v) is 6.17. The van der Waals surface area contributed by atoms with Crippen LogP contribution in [0.15, 0.2) is 83.5 Å². The van der Waals surface area contributed by atoms with Crippen LogP contribution in [0.3, 0.4) is 0 Å². The van der Waals surface area contributed by atoms with E-state index >= 15 is 0 Å². The number of rotatable bonds is 5. The maximum absolute atomic E-state index is 13.5. The van der Waals surface area contributed by atoms with Gasteiger partial charge < -0.3 is 5.32 Å². The number of hydrogen-bond acceptors (Lipinski definition) is 4. The molecular weight excluding hydrogens is 437 g/mol. The first-order valence-electron chi connectivity index (χ1n) is 10.4. The van der Waals surface area contributed by atoms with E-state index < -0.39 is 5.82 Å². The van der Waals surface area contributed by atoms with E-state index in [0.717, 1.165) is 34.1 Å². The molecule has 1 aliphatic rings. The van der Waals surface area contributed by atoms with E-state index in [4.69, 9.17) is 0 Å². The number of carbonyl (C=O) groups excluding carboxylic acids is 2. The monoisotopic (exact) mass is 459 g/mol. The second-order valence-corrected chi connectivity index (χ2v) is 8.48. The highest BCUT2D eigenvalue weighted by molar-refractivity contribution is 8.14. The van der Waals surface area contributed by atoms with E-state index in [9.17, 15) is 14.0 Å². The van der Waals surface area contributed by atoms with Gasteiger partial charge in [0.05, 0.1) is 11.4 Å². The number of nitrogens with zero attached hydrogens (tertiary/aromatic N) is 2. The molecule has 0 aliphatic carbocycles. The molecule has 0 bridgehead atoms. The van der Waals surface area contributed by atoms with Crippen molar-refractivity contribution in [3.05, 3.63) is 101 Å². The number of thioether (sulfide) groups is 1. The van der Waals surface area contributed by atoms with Crippen molar-refractivity contribution >= 4 is 46.2 Å². The Hall–Kier alpha value is -3.71. The lowest BCUT2D eigenvalue weighted by molar-refractivity contribution is -0.114. The molecule has 7 heteroatoms. The molecule has 1 aliphatic heterocycles. The summed E-state index contributed by atoms with van der Waals surface area (Å²) in [5.74, 6) is -0.869. The van der Waals surface area contributed by atoms with Crippen LogP contribution in [-0.4, -0.2) is 22.7 Å². The SMILES string of the molecule is Cc1cccc(NC(=O)CSC2=N/C(=C\c3ccccc3)C(=O)N2c2ccc(F)cc2)c1C. The van der Waals surface area contributed by atoms with Crippen LogP contribution in [0, 0.1) is 19.7 Å². The highest BCUT2D eigenvalue weighted by Crippen LogP contribution is 2.30. The van der Waals surface area contributed by atoms with Crippen LogP contribution >= 0.6 is 11.8 Å². The van der Waals surface area contributed by atoms with Crippen molar-refractivity contribution in [1.82, 2.24) is 0 Å². The second kappa shape index (κ2) is 9.83. The Morgan fingerprint density at radius 3 is 2.48 bits per heavy atom. The highest BCUT2D eigenvalue weighted by atomic mass is 32.2. The summed E-state index contributed by atoms with van der Waals surface area (Å²) in [6.07, 6.45) is 1.70. The fourth-order valence-corrected chi connectivity index (χ4v) is 4.13. The number of halogens is 1. The quantitative estimate of drug-likeness (QED) is 0.508. The van der Waals surface area contributed by atoms with Crippen LogP contribution in [0.25, 0.3) is 6.08 Å². The van der Waals surface area contributed by atoms with Crippen molar-refractivity contribution in [3.63, 3.8) is 0 Å². The first-order valence-corrected chi connectivity index (χ1v) is 11.4. The topological polar surface area (TPSA) is 61.8 Å². The normalized spacial score (nSPS) is 14.5. The Balaban J connectivity index is 1.56. The molecule has 0 saturated heterocycles. The number of amidine groups is 1. The fraction of sp³-hybridized carbons (Fsp3) is 0.115. The zero-order valence-corrected chi connectivity index (χ0v) is 19.0. The van der Waals surface area contributed by atoms with E-state index in [1.165, 1.54) is 29.2 Å². The van der Waals surface area contributed by atoms with E-state index in [-0.39, 0.29) is 23.3 Å². The summed E-state index contributed by atoms with van der Waals surface area (Å²) in [5, 5.41) is 3.28. The molecule has 0 radical (unpaired) electrons. The minimum Gasteiger partial charge on any atom is -0.325 e. The van der Waals surface area contributed by atoms with E-state index in [1.54, 1.807) is 6.08 Å². The second-order valence-electron chi connectivity index (χ2n) is 7.54. The molecule has 5 nitrogen and oxygen atoms in total. The lowest BCUT2D eigenvalue weighted by Crippen LogP contribution is -2.31. The molecule has 166 valence electrons. The standard InChI is InChI=1S/C26H22FN3O2S/c1-17-7-6-10-22(18(17)2)28-24(31)16-33-26-29-23(15-19-8-4-3-5-9-19)25(32)30(26)21-13-11-20(27)12-14-21/h3-15H,16H2,1-2H3,(H,28,31)/b23-15-. The summed E-state index contributed by atoms with van der Waals surface area (Å²) in [7, 11) is 0. The molecule has 0 atom stereocenters. The van der Waals surface area contributed by atoms with Gasteiger partial charge in [-0.3, -0.25) is 14.5 Å². The smallest absolute Gasteiger partial charge is 0.283 e. The first-order chi connectivity index (χ1) is 15.9. The van der Waals surface area contributed by atoms with E-state index in [1.807, 2.05) is 62.4 Å². The van der Waals surface area contributed by atoms with Crippen molar-refractivity contribution < 1.29 is 14.0 Å². The Kier molecular flexibility index (Phi) is 6.70. The molecule has 0 aromatic heterocycles. The number of aryl methyl sites for hydroxylation is 1. The minimum absolute atomic E-state index is 0.0653. The Bertz CT molecular complexity index is 1250. The van der Waals surface area contributed by atoms with Gasteiger partial charge in [-0.15, -0.1) is 0 Å². The zero-order valence-electron chi connectivity index (χ0n) is 18.2. The summed E-state index contributed by atoms with van der Waals surface area (Å²) in [4.78, 5) is 31.7. The Labute approximate surface area is 196 Å². The van der Waals surface area contributed by atoms with Gasteiger partial charge in [-0.1, -0.05) is 54.2 Å². The summed E-state index contributed by atoms with van der Waals surface area (Å²) in [5.41, 5.74) is 4.42. The molecule has 1 heterocycles. The Morgan fingerprint density at radius 2 is 1.76 bits per heavy atom. The Morgan fingerprint density at radius 1 is 1.03 bits per heavy atom. The molecule has 0 fully saturated rings. The van der Waals surface area contributed by atoms with Crippen molar-refractivity contribution in [3.8, 4) is 0 Å². The number of amides is 2. The van der Waals surface area contributed by atoms with Crippen molar-refractivity contribution in [2.75, 3.05) is 16.0 Å². The zero-order chi connectivity index (χ0) is 23.4. The average Bonchev–Trinajstić information content (AvgIpc) is 3.12. The van der Waals surface area contributed by atoms with Gasteiger partial charge >= 0.3 is 0 Å². The fourth-order valence-electron chi connectivity index (χ4n) is 3.32. The van der Waals surface area contributed by atoms with Crippen molar-refractivity contribution in [2.24, 2.45) is 4.99 Å². The van der Waals surface area contributed by atoms with Crippen LogP contribution in [0.2, 0.25) is 0 Å². The van der Waals surface area contributed by atoms with E-state index in [2.05, 4.69) is 10.3 Å². The molecule has 1 N–H and O–H groups in total. The molecule has 0 saturated carbocycles.